The fourth-order valence-corrected chi connectivity index (χ4v) is 3.17. The molecule has 6 heteroatoms. The van der Waals surface area contributed by atoms with Gasteiger partial charge in [-0.05, 0) is 35.9 Å². The number of aromatic nitrogens is 3. The van der Waals surface area contributed by atoms with Crippen LogP contribution in [0.25, 0.3) is 11.0 Å². The monoisotopic (exact) mass is 360 g/mol. The van der Waals surface area contributed by atoms with Crippen LogP contribution in [0.3, 0.4) is 0 Å². The minimum atomic E-state index is -0.354. The number of fused-ring (bicyclic) bond motifs is 1. The number of hydrogen-bond acceptors (Lipinski definition) is 3. The minimum absolute atomic E-state index is 0.0868. The number of benzene rings is 2. The van der Waals surface area contributed by atoms with Crippen LogP contribution in [0.1, 0.15) is 17.4 Å². The number of carbonyl (C=O) groups excluding carboxylic acids is 1. The zero-order valence-corrected chi connectivity index (χ0v) is 14.7. The number of nitrogens with zero attached hydrogens (tertiary/aromatic N) is 2. The minimum Gasteiger partial charge on any atom is -0.388 e. The Morgan fingerprint density at radius 2 is 1.89 bits per heavy atom. The molecule has 2 heterocycles. The van der Waals surface area contributed by atoms with Crippen LogP contribution in [0.4, 0.5) is 5.69 Å². The molecule has 2 aromatic heterocycles. The van der Waals surface area contributed by atoms with Crippen LogP contribution in [-0.2, 0) is 17.8 Å². The van der Waals surface area contributed by atoms with Gasteiger partial charge in [-0.15, -0.1) is 0 Å². The first kappa shape index (κ1) is 17.1. The molecule has 136 valence electrons. The number of carbonyl (C=O) groups is 1. The van der Waals surface area contributed by atoms with E-state index in [1.165, 1.54) is 0 Å². The summed E-state index contributed by atoms with van der Waals surface area (Å²) in [5.41, 5.74) is 3.31. The average Bonchev–Trinajstić information content (AvgIpc) is 3.36. The lowest BCUT2D eigenvalue weighted by Crippen LogP contribution is -2.27. The molecule has 0 bridgehead atoms. The quantitative estimate of drug-likeness (QED) is 0.493. The molecule has 0 spiro atoms. The topological polar surface area (TPSA) is 82.9 Å². The highest BCUT2D eigenvalue weighted by molar-refractivity contribution is 5.95. The van der Waals surface area contributed by atoms with Gasteiger partial charge in [0.1, 0.15) is 18.5 Å². The van der Waals surface area contributed by atoms with E-state index in [0.717, 1.165) is 16.6 Å². The van der Waals surface area contributed by atoms with Crippen molar-refractivity contribution in [1.29, 1.82) is 0 Å². The highest BCUT2D eigenvalue weighted by atomic mass is 16.3. The Balaban J connectivity index is 1.58. The number of nitrogens with one attached hydrogen (secondary N) is 2. The fraction of sp³-hybridized carbons (Fsp3) is 0.143. The molecule has 0 aliphatic heterocycles. The van der Waals surface area contributed by atoms with Crippen molar-refractivity contribution in [2.24, 2.45) is 0 Å². The summed E-state index contributed by atoms with van der Waals surface area (Å²) in [5.74, 6) is 0.416. The Morgan fingerprint density at radius 1 is 1.11 bits per heavy atom. The highest BCUT2D eigenvalue weighted by Crippen LogP contribution is 2.21. The second-order valence-corrected chi connectivity index (χ2v) is 6.40. The smallest absolute Gasteiger partial charge is 0.247 e. The van der Waals surface area contributed by atoms with Gasteiger partial charge in [0, 0.05) is 24.5 Å². The lowest BCUT2D eigenvalue weighted by Gasteiger charge is -2.19. The number of anilines is 1. The number of hydrogen-bond donors (Lipinski definition) is 3. The number of amides is 1. The maximum absolute atomic E-state index is 13.0. The Hall–Kier alpha value is -3.38. The molecule has 1 atom stereocenters. The molecular formula is C21H20N4O2. The van der Waals surface area contributed by atoms with Crippen LogP contribution in [-0.4, -0.2) is 25.5 Å². The van der Waals surface area contributed by atoms with Crippen molar-refractivity contribution in [3.63, 3.8) is 0 Å². The maximum Gasteiger partial charge on any atom is 0.247 e. The number of aliphatic hydroxyl groups excluding tert-OH is 1. The van der Waals surface area contributed by atoms with Crippen molar-refractivity contribution in [1.82, 2.24) is 14.5 Å². The van der Waals surface area contributed by atoms with E-state index < -0.39 is 0 Å². The van der Waals surface area contributed by atoms with Gasteiger partial charge >= 0.3 is 0 Å². The first-order valence-electron chi connectivity index (χ1n) is 8.79. The van der Waals surface area contributed by atoms with Gasteiger partial charge in [0.05, 0.1) is 11.0 Å². The molecule has 1 unspecified atom stereocenters. The summed E-state index contributed by atoms with van der Waals surface area (Å²) in [5, 5.41) is 12.2. The van der Waals surface area contributed by atoms with Crippen molar-refractivity contribution in [2.45, 2.75) is 19.1 Å². The zero-order chi connectivity index (χ0) is 18.6. The number of imidazole rings is 1. The van der Waals surface area contributed by atoms with E-state index in [-0.39, 0.29) is 18.6 Å². The van der Waals surface area contributed by atoms with Crippen LogP contribution >= 0.6 is 0 Å². The highest BCUT2D eigenvalue weighted by Gasteiger charge is 2.20. The second kappa shape index (κ2) is 7.47. The Morgan fingerprint density at radius 3 is 2.63 bits per heavy atom. The molecule has 0 aliphatic carbocycles. The second-order valence-electron chi connectivity index (χ2n) is 6.40. The predicted octanol–water partition coefficient (Wildman–Crippen LogP) is 3.28. The summed E-state index contributed by atoms with van der Waals surface area (Å²) in [6.07, 6.45) is 4.40. The summed E-state index contributed by atoms with van der Waals surface area (Å²) < 4.78 is 1.92. The van der Waals surface area contributed by atoms with Crippen molar-refractivity contribution in [3.8, 4) is 0 Å². The SMILES string of the molecule is O=C(Nc1ccc2nc(CO)[nH]c2c1)C(Cc1ccccc1)n1cccc1. The third-order valence-corrected chi connectivity index (χ3v) is 4.51. The number of rotatable bonds is 6. The maximum atomic E-state index is 13.0. The normalized spacial score (nSPS) is 12.2. The molecule has 2 aromatic carbocycles. The van der Waals surface area contributed by atoms with Gasteiger partial charge in [0.2, 0.25) is 5.91 Å². The van der Waals surface area contributed by atoms with E-state index in [9.17, 15) is 9.90 Å². The van der Waals surface area contributed by atoms with Crippen LogP contribution in [0, 0.1) is 0 Å². The summed E-state index contributed by atoms with van der Waals surface area (Å²) in [4.78, 5) is 20.3. The molecule has 27 heavy (non-hydrogen) atoms. The van der Waals surface area contributed by atoms with E-state index in [2.05, 4.69) is 15.3 Å². The van der Waals surface area contributed by atoms with Gasteiger partial charge in [-0.25, -0.2) is 4.98 Å². The van der Waals surface area contributed by atoms with E-state index >= 15 is 0 Å². The van der Waals surface area contributed by atoms with Gasteiger partial charge in [-0.2, -0.15) is 0 Å². The van der Waals surface area contributed by atoms with Gasteiger partial charge in [-0.1, -0.05) is 30.3 Å². The molecule has 4 aromatic rings. The van der Waals surface area contributed by atoms with Crippen molar-refractivity contribution in [3.05, 3.63) is 84.4 Å². The van der Waals surface area contributed by atoms with Gasteiger partial charge in [-0.3, -0.25) is 4.79 Å². The Bertz CT molecular complexity index is 1040. The van der Waals surface area contributed by atoms with Crippen molar-refractivity contribution >= 4 is 22.6 Å². The molecule has 1 amide bonds. The Labute approximate surface area is 156 Å². The number of H-pyrrole nitrogens is 1. The Kier molecular flexibility index (Phi) is 4.72. The summed E-state index contributed by atoms with van der Waals surface area (Å²) in [6, 6.07) is 18.9. The van der Waals surface area contributed by atoms with E-state index in [0.29, 0.717) is 17.9 Å². The first-order valence-corrected chi connectivity index (χ1v) is 8.79. The van der Waals surface area contributed by atoms with E-state index in [1.807, 2.05) is 77.6 Å². The molecule has 0 saturated carbocycles. The van der Waals surface area contributed by atoms with Gasteiger partial charge in [0.25, 0.3) is 0 Å². The largest absolute Gasteiger partial charge is 0.388 e. The first-order chi connectivity index (χ1) is 13.2. The van der Waals surface area contributed by atoms with Gasteiger partial charge in [0.15, 0.2) is 0 Å². The number of aliphatic hydroxyl groups is 1. The zero-order valence-electron chi connectivity index (χ0n) is 14.7. The summed E-state index contributed by atoms with van der Waals surface area (Å²) in [6.45, 7) is -0.150. The molecule has 0 radical (unpaired) electrons. The lowest BCUT2D eigenvalue weighted by atomic mass is 10.0. The molecule has 6 nitrogen and oxygen atoms in total. The fourth-order valence-electron chi connectivity index (χ4n) is 3.17. The molecular weight excluding hydrogens is 340 g/mol. The number of aromatic amines is 1. The molecule has 0 fully saturated rings. The standard InChI is InChI=1S/C21H20N4O2/c26-14-20-23-17-9-8-16(13-18(17)24-20)22-21(27)19(25-10-4-5-11-25)12-15-6-2-1-3-7-15/h1-11,13,19,26H,12,14H2,(H,22,27)(H,23,24). The summed E-state index contributed by atoms with van der Waals surface area (Å²) >= 11 is 0. The van der Waals surface area contributed by atoms with E-state index in [4.69, 9.17) is 0 Å². The third-order valence-electron chi connectivity index (χ3n) is 4.51. The van der Waals surface area contributed by atoms with E-state index in [1.54, 1.807) is 0 Å². The van der Waals surface area contributed by atoms with Crippen molar-refractivity contribution < 1.29 is 9.90 Å². The van der Waals surface area contributed by atoms with Crippen LogP contribution in [0.2, 0.25) is 0 Å². The predicted molar refractivity (Wildman–Crippen MR) is 104 cm³/mol. The van der Waals surface area contributed by atoms with Gasteiger partial charge < -0.3 is 20.0 Å². The third kappa shape index (κ3) is 3.75. The molecule has 0 saturated heterocycles. The van der Waals surface area contributed by atoms with Crippen LogP contribution in [0.15, 0.2) is 73.1 Å². The van der Waals surface area contributed by atoms with Crippen LogP contribution in [0.5, 0.6) is 0 Å². The molecule has 0 aliphatic rings. The average molecular weight is 360 g/mol. The van der Waals surface area contributed by atoms with Crippen LogP contribution < -0.4 is 5.32 Å². The molecule has 3 N–H and O–H groups in total. The molecule has 4 rings (SSSR count). The lowest BCUT2D eigenvalue weighted by molar-refractivity contribution is -0.119. The summed E-state index contributed by atoms with van der Waals surface area (Å²) in [7, 11) is 0. The van der Waals surface area contributed by atoms with Crippen molar-refractivity contribution in [2.75, 3.05) is 5.32 Å².